The molecule has 0 amide bonds. The van der Waals surface area contributed by atoms with Crippen molar-refractivity contribution in [3.05, 3.63) is 12.7 Å². The summed E-state index contributed by atoms with van der Waals surface area (Å²) >= 11 is 0. The van der Waals surface area contributed by atoms with Crippen molar-refractivity contribution in [1.29, 1.82) is 0 Å². The van der Waals surface area contributed by atoms with Gasteiger partial charge in [0.1, 0.15) is 0 Å². The van der Waals surface area contributed by atoms with Crippen LogP contribution >= 0.6 is 0 Å². The Morgan fingerprint density at radius 2 is 1.71 bits per heavy atom. The van der Waals surface area contributed by atoms with Gasteiger partial charge in [-0.1, -0.05) is 6.08 Å². The van der Waals surface area contributed by atoms with Gasteiger partial charge in [-0.2, -0.15) is 13.2 Å². The quantitative estimate of drug-likeness (QED) is 0.692. The van der Waals surface area contributed by atoms with Gasteiger partial charge in [0.25, 0.3) is 0 Å². The molecule has 1 rings (SSSR count). The minimum absolute atomic E-state index is 0.0360. The number of hydrogen-bond acceptors (Lipinski definition) is 1. The highest BCUT2D eigenvalue weighted by Gasteiger charge is 2.41. The van der Waals surface area contributed by atoms with Crippen molar-refractivity contribution in [2.45, 2.75) is 38.0 Å². The lowest BCUT2D eigenvalue weighted by atomic mass is 9.79. The SMILES string of the molecule is C=CC(O)C1CCC(C(F)(F)F)CC1. The second kappa shape index (κ2) is 4.34. The van der Waals surface area contributed by atoms with Crippen LogP contribution in [0.1, 0.15) is 25.7 Å². The molecule has 1 fully saturated rings. The Kier molecular flexibility index (Phi) is 3.59. The van der Waals surface area contributed by atoms with E-state index in [0.29, 0.717) is 12.8 Å². The smallest absolute Gasteiger partial charge is 0.389 e. The summed E-state index contributed by atoms with van der Waals surface area (Å²) in [5.74, 6) is -1.21. The van der Waals surface area contributed by atoms with E-state index in [1.54, 1.807) is 0 Å². The summed E-state index contributed by atoms with van der Waals surface area (Å²) in [6.07, 6.45) is -2.15. The summed E-state index contributed by atoms with van der Waals surface area (Å²) in [5, 5.41) is 9.37. The molecule has 0 saturated heterocycles. The fourth-order valence-electron chi connectivity index (χ4n) is 1.98. The third kappa shape index (κ3) is 2.74. The van der Waals surface area contributed by atoms with Crippen LogP contribution in [-0.2, 0) is 0 Å². The third-order valence-electron chi connectivity index (χ3n) is 2.96. The van der Waals surface area contributed by atoms with Crippen LogP contribution in [-0.4, -0.2) is 17.4 Å². The Morgan fingerprint density at radius 3 is 2.07 bits per heavy atom. The molecule has 0 aliphatic heterocycles. The number of aliphatic hydroxyl groups excluding tert-OH is 1. The molecule has 1 aliphatic carbocycles. The summed E-state index contributed by atoms with van der Waals surface area (Å²) < 4.78 is 36.8. The Morgan fingerprint density at radius 1 is 1.21 bits per heavy atom. The van der Waals surface area contributed by atoms with Crippen molar-refractivity contribution >= 4 is 0 Å². The summed E-state index contributed by atoms with van der Waals surface area (Å²) in [4.78, 5) is 0. The molecule has 1 aliphatic rings. The van der Waals surface area contributed by atoms with Gasteiger partial charge in [-0.05, 0) is 31.6 Å². The molecule has 0 aromatic heterocycles. The molecule has 0 spiro atoms. The first-order chi connectivity index (χ1) is 6.45. The molecule has 0 aromatic carbocycles. The average Bonchev–Trinajstić information content (AvgIpc) is 2.15. The van der Waals surface area contributed by atoms with E-state index < -0.39 is 18.2 Å². The van der Waals surface area contributed by atoms with Gasteiger partial charge in [-0.3, -0.25) is 0 Å². The van der Waals surface area contributed by atoms with Crippen LogP contribution in [0.4, 0.5) is 13.2 Å². The molecule has 1 nitrogen and oxygen atoms in total. The Labute approximate surface area is 81.6 Å². The van der Waals surface area contributed by atoms with Crippen molar-refractivity contribution in [3.8, 4) is 0 Å². The predicted octanol–water partition coefficient (Wildman–Crippen LogP) is 2.90. The van der Waals surface area contributed by atoms with Crippen molar-refractivity contribution in [2.24, 2.45) is 11.8 Å². The van der Waals surface area contributed by atoms with Crippen LogP contribution in [0.15, 0.2) is 12.7 Å². The fourth-order valence-corrected chi connectivity index (χ4v) is 1.98. The average molecular weight is 208 g/mol. The summed E-state index contributed by atoms with van der Waals surface area (Å²) in [6.45, 7) is 3.43. The molecule has 0 bridgehead atoms. The molecular formula is C10H15F3O. The molecule has 0 radical (unpaired) electrons. The van der Waals surface area contributed by atoms with Gasteiger partial charge in [0, 0.05) is 0 Å². The highest BCUT2D eigenvalue weighted by Crippen LogP contribution is 2.40. The first-order valence-corrected chi connectivity index (χ1v) is 4.82. The molecule has 82 valence electrons. The normalized spacial score (nSPS) is 31.1. The van der Waals surface area contributed by atoms with Crippen LogP contribution in [0, 0.1) is 11.8 Å². The van der Waals surface area contributed by atoms with Gasteiger partial charge >= 0.3 is 6.18 Å². The van der Waals surface area contributed by atoms with Crippen molar-refractivity contribution in [1.82, 2.24) is 0 Å². The lowest BCUT2D eigenvalue weighted by molar-refractivity contribution is -0.185. The first kappa shape index (κ1) is 11.6. The monoisotopic (exact) mass is 208 g/mol. The van der Waals surface area contributed by atoms with Crippen LogP contribution in [0.5, 0.6) is 0 Å². The zero-order valence-corrected chi connectivity index (χ0v) is 7.93. The molecule has 1 unspecified atom stereocenters. The molecule has 0 heterocycles. The van der Waals surface area contributed by atoms with Gasteiger partial charge in [-0.25, -0.2) is 0 Å². The molecule has 1 N–H and O–H groups in total. The molecule has 1 saturated carbocycles. The highest BCUT2D eigenvalue weighted by atomic mass is 19.4. The number of alkyl halides is 3. The minimum atomic E-state index is -4.07. The summed E-state index contributed by atoms with van der Waals surface area (Å²) in [6, 6.07) is 0. The number of aliphatic hydroxyl groups is 1. The maximum Gasteiger partial charge on any atom is 0.391 e. The van der Waals surface area contributed by atoms with Crippen LogP contribution in [0.3, 0.4) is 0 Å². The van der Waals surface area contributed by atoms with E-state index in [1.165, 1.54) is 6.08 Å². The van der Waals surface area contributed by atoms with Crippen LogP contribution in [0.25, 0.3) is 0 Å². The third-order valence-corrected chi connectivity index (χ3v) is 2.96. The Bertz CT molecular complexity index is 192. The fraction of sp³-hybridized carbons (Fsp3) is 0.800. The lowest BCUT2D eigenvalue weighted by Gasteiger charge is -2.31. The van der Waals surface area contributed by atoms with Gasteiger partial charge in [-0.15, -0.1) is 6.58 Å². The van der Waals surface area contributed by atoms with E-state index in [0.717, 1.165) is 0 Å². The number of halogens is 3. The van der Waals surface area contributed by atoms with Gasteiger partial charge in [0.2, 0.25) is 0 Å². The Hall–Kier alpha value is -0.510. The number of rotatable bonds is 2. The maximum atomic E-state index is 12.3. The van der Waals surface area contributed by atoms with E-state index in [-0.39, 0.29) is 18.8 Å². The van der Waals surface area contributed by atoms with Crippen LogP contribution in [0.2, 0.25) is 0 Å². The lowest BCUT2D eigenvalue weighted by Crippen LogP contribution is -2.31. The maximum absolute atomic E-state index is 12.3. The van der Waals surface area contributed by atoms with Gasteiger partial charge < -0.3 is 5.11 Å². The summed E-state index contributed by atoms with van der Waals surface area (Å²) in [7, 11) is 0. The molecule has 0 aromatic rings. The van der Waals surface area contributed by atoms with E-state index in [1.807, 2.05) is 0 Å². The van der Waals surface area contributed by atoms with Crippen molar-refractivity contribution in [2.75, 3.05) is 0 Å². The van der Waals surface area contributed by atoms with Crippen molar-refractivity contribution in [3.63, 3.8) is 0 Å². The standard InChI is InChI=1S/C10H15F3O/c1-2-9(14)7-3-5-8(6-4-7)10(11,12)13/h2,7-9,14H,1,3-6H2. The number of hydrogen-bond donors (Lipinski definition) is 1. The zero-order valence-electron chi connectivity index (χ0n) is 7.93. The second-order valence-electron chi connectivity index (χ2n) is 3.88. The Balaban J connectivity index is 2.42. The van der Waals surface area contributed by atoms with Gasteiger partial charge in [0.05, 0.1) is 12.0 Å². The van der Waals surface area contributed by atoms with Gasteiger partial charge in [0.15, 0.2) is 0 Å². The van der Waals surface area contributed by atoms with E-state index in [9.17, 15) is 18.3 Å². The van der Waals surface area contributed by atoms with E-state index in [2.05, 4.69) is 6.58 Å². The summed E-state index contributed by atoms with van der Waals surface area (Å²) in [5.41, 5.74) is 0. The predicted molar refractivity (Wildman–Crippen MR) is 47.7 cm³/mol. The zero-order chi connectivity index (χ0) is 10.8. The van der Waals surface area contributed by atoms with Crippen LogP contribution < -0.4 is 0 Å². The molecular weight excluding hydrogens is 193 g/mol. The van der Waals surface area contributed by atoms with E-state index >= 15 is 0 Å². The van der Waals surface area contributed by atoms with Crippen molar-refractivity contribution < 1.29 is 18.3 Å². The molecule has 4 heteroatoms. The van der Waals surface area contributed by atoms with E-state index in [4.69, 9.17) is 0 Å². The highest BCUT2D eigenvalue weighted by molar-refractivity contribution is 4.88. The first-order valence-electron chi connectivity index (χ1n) is 4.82. The molecule has 14 heavy (non-hydrogen) atoms. The largest absolute Gasteiger partial charge is 0.391 e. The topological polar surface area (TPSA) is 20.2 Å². The minimum Gasteiger partial charge on any atom is -0.389 e. The second-order valence-corrected chi connectivity index (χ2v) is 3.88. The molecule has 1 atom stereocenters.